The van der Waals surface area contributed by atoms with Gasteiger partial charge in [-0.05, 0) is 18.2 Å². The van der Waals surface area contributed by atoms with E-state index >= 15 is 0 Å². The van der Waals surface area contributed by atoms with Crippen LogP contribution in [0.1, 0.15) is 5.56 Å². The summed E-state index contributed by atoms with van der Waals surface area (Å²) in [6.07, 6.45) is 0. The molecule has 1 aromatic carbocycles. The molecule has 0 unspecified atom stereocenters. The molecule has 0 amide bonds. The van der Waals surface area contributed by atoms with Gasteiger partial charge < -0.3 is 11.5 Å². The second-order valence-corrected chi connectivity index (χ2v) is 2.15. The number of anilines is 1. The number of halogens is 1. The lowest BCUT2D eigenvalue weighted by atomic mass is 10.1. The highest BCUT2D eigenvalue weighted by atomic mass is 19.1. The molecule has 58 valence electrons. The average Bonchev–Trinajstić information content (AvgIpc) is 1.94. The number of hydrogen-bond acceptors (Lipinski definition) is 2. The van der Waals surface area contributed by atoms with Crippen molar-refractivity contribution in [3.05, 3.63) is 29.6 Å². The van der Waals surface area contributed by atoms with Crippen molar-refractivity contribution in [3.8, 4) is 0 Å². The Bertz CT molecular complexity index is 296. The van der Waals surface area contributed by atoms with Crippen LogP contribution in [-0.4, -0.2) is 5.84 Å². The van der Waals surface area contributed by atoms with E-state index in [4.69, 9.17) is 16.9 Å². The number of hydrogen-bond donors (Lipinski definition) is 3. The van der Waals surface area contributed by atoms with Crippen LogP contribution in [0.15, 0.2) is 18.2 Å². The zero-order chi connectivity index (χ0) is 8.43. The van der Waals surface area contributed by atoms with Crippen molar-refractivity contribution >= 4 is 11.5 Å². The molecule has 4 heteroatoms. The molecule has 0 spiro atoms. The van der Waals surface area contributed by atoms with E-state index < -0.39 is 5.82 Å². The Kier molecular flexibility index (Phi) is 1.76. The monoisotopic (exact) mass is 153 g/mol. The van der Waals surface area contributed by atoms with Crippen LogP contribution in [0.3, 0.4) is 0 Å². The first-order chi connectivity index (χ1) is 5.11. The highest BCUT2D eigenvalue weighted by Crippen LogP contribution is 2.11. The van der Waals surface area contributed by atoms with Crippen LogP contribution in [0, 0.1) is 11.2 Å². The number of nitrogens with one attached hydrogen (secondary N) is 1. The summed E-state index contributed by atoms with van der Waals surface area (Å²) < 4.78 is 12.5. The largest absolute Gasteiger partial charge is 0.398 e. The van der Waals surface area contributed by atoms with E-state index in [0.29, 0.717) is 5.69 Å². The molecule has 0 aliphatic carbocycles. The molecular weight excluding hydrogens is 145 g/mol. The third-order valence-corrected chi connectivity index (χ3v) is 1.31. The van der Waals surface area contributed by atoms with Crippen molar-refractivity contribution < 1.29 is 4.39 Å². The van der Waals surface area contributed by atoms with E-state index in [1.165, 1.54) is 12.1 Å². The minimum atomic E-state index is -0.440. The van der Waals surface area contributed by atoms with Gasteiger partial charge in [0.2, 0.25) is 0 Å². The van der Waals surface area contributed by atoms with Gasteiger partial charge in [0.15, 0.2) is 0 Å². The molecule has 0 aliphatic heterocycles. The first-order valence-electron chi connectivity index (χ1n) is 3.00. The summed E-state index contributed by atoms with van der Waals surface area (Å²) in [5.41, 5.74) is 11.1. The van der Waals surface area contributed by atoms with Crippen molar-refractivity contribution in [3.63, 3.8) is 0 Å². The van der Waals surface area contributed by atoms with Crippen molar-refractivity contribution in [2.24, 2.45) is 5.73 Å². The van der Waals surface area contributed by atoms with E-state index in [9.17, 15) is 4.39 Å². The average molecular weight is 153 g/mol. The predicted octanol–water partition coefficient (Wildman–Crippen LogP) is 0.692. The van der Waals surface area contributed by atoms with Crippen molar-refractivity contribution in [1.82, 2.24) is 0 Å². The van der Waals surface area contributed by atoms with Gasteiger partial charge in [-0.15, -0.1) is 0 Å². The first-order valence-corrected chi connectivity index (χ1v) is 3.00. The molecule has 0 saturated carbocycles. The lowest BCUT2D eigenvalue weighted by Crippen LogP contribution is -2.13. The van der Waals surface area contributed by atoms with Gasteiger partial charge >= 0.3 is 0 Å². The van der Waals surface area contributed by atoms with Crippen LogP contribution in [0.2, 0.25) is 0 Å². The molecule has 0 bridgehead atoms. The fraction of sp³-hybridized carbons (Fsp3) is 0. The molecule has 0 heterocycles. The highest BCUT2D eigenvalue weighted by Gasteiger charge is 2.02. The zero-order valence-corrected chi connectivity index (χ0v) is 5.76. The molecule has 5 N–H and O–H groups in total. The third kappa shape index (κ3) is 1.46. The highest BCUT2D eigenvalue weighted by molar-refractivity contribution is 5.99. The summed E-state index contributed by atoms with van der Waals surface area (Å²) in [5.74, 6) is -0.661. The standard InChI is InChI=1S/C7H8FN3/c8-4-1-2-6(9)5(3-4)7(10)11/h1-3H,9H2,(H3,10,11). The fourth-order valence-electron chi connectivity index (χ4n) is 0.762. The van der Waals surface area contributed by atoms with Gasteiger partial charge in [-0.25, -0.2) is 4.39 Å². The Morgan fingerprint density at radius 3 is 2.55 bits per heavy atom. The van der Waals surface area contributed by atoms with E-state index in [1.54, 1.807) is 0 Å². The SMILES string of the molecule is N=C(N)c1cc(F)ccc1N. The Morgan fingerprint density at radius 2 is 2.09 bits per heavy atom. The summed E-state index contributed by atoms with van der Waals surface area (Å²) in [4.78, 5) is 0. The van der Waals surface area contributed by atoms with Crippen LogP contribution in [-0.2, 0) is 0 Å². The lowest BCUT2D eigenvalue weighted by Gasteiger charge is -2.01. The Balaban J connectivity index is 3.23. The molecule has 1 rings (SSSR count). The number of nitrogens with two attached hydrogens (primary N) is 2. The van der Waals surface area contributed by atoms with E-state index in [2.05, 4.69) is 0 Å². The first kappa shape index (κ1) is 7.53. The molecule has 11 heavy (non-hydrogen) atoms. The number of amidine groups is 1. The normalized spacial score (nSPS) is 9.55. The maximum absolute atomic E-state index is 12.5. The van der Waals surface area contributed by atoms with Gasteiger partial charge in [-0.3, -0.25) is 5.41 Å². The Morgan fingerprint density at radius 1 is 1.45 bits per heavy atom. The minimum Gasteiger partial charge on any atom is -0.398 e. The Labute approximate surface area is 63.3 Å². The molecule has 0 radical (unpaired) electrons. The summed E-state index contributed by atoms with van der Waals surface area (Å²) in [5, 5.41) is 7.00. The quantitative estimate of drug-likeness (QED) is 0.315. The lowest BCUT2D eigenvalue weighted by molar-refractivity contribution is 0.627. The molecule has 0 aliphatic rings. The number of benzene rings is 1. The van der Waals surface area contributed by atoms with Crippen LogP contribution in [0.4, 0.5) is 10.1 Å². The summed E-state index contributed by atoms with van der Waals surface area (Å²) in [6, 6.07) is 3.74. The topological polar surface area (TPSA) is 75.9 Å². The zero-order valence-electron chi connectivity index (χ0n) is 5.76. The molecule has 1 aromatic rings. The minimum absolute atomic E-state index is 0.220. The van der Waals surface area contributed by atoms with Gasteiger partial charge in [0.25, 0.3) is 0 Å². The molecule has 0 aromatic heterocycles. The van der Waals surface area contributed by atoms with E-state index in [-0.39, 0.29) is 11.4 Å². The third-order valence-electron chi connectivity index (χ3n) is 1.31. The van der Waals surface area contributed by atoms with Crippen molar-refractivity contribution in [1.29, 1.82) is 5.41 Å². The molecular formula is C7H8FN3. The molecule has 0 fully saturated rings. The maximum Gasteiger partial charge on any atom is 0.124 e. The van der Waals surface area contributed by atoms with Gasteiger partial charge in [0, 0.05) is 11.3 Å². The molecule has 0 saturated heterocycles. The van der Waals surface area contributed by atoms with Gasteiger partial charge in [0.05, 0.1) is 0 Å². The van der Waals surface area contributed by atoms with E-state index in [0.717, 1.165) is 6.07 Å². The van der Waals surface area contributed by atoms with Crippen LogP contribution in [0.5, 0.6) is 0 Å². The van der Waals surface area contributed by atoms with Gasteiger partial charge in [-0.2, -0.15) is 0 Å². The van der Waals surface area contributed by atoms with Crippen molar-refractivity contribution in [2.75, 3.05) is 5.73 Å². The second kappa shape index (κ2) is 2.57. The predicted molar refractivity (Wildman–Crippen MR) is 41.8 cm³/mol. The van der Waals surface area contributed by atoms with Gasteiger partial charge in [-0.1, -0.05) is 0 Å². The molecule has 3 nitrogen and oxygen atoms in total. The maximum atomic E-state index is 12.5. The fourth-order valence-corrected chi connectivity index (χ4v) is 0.762. The Hall–Kier alpha value is -1.58. The van der Waals surface area contributed by atoms with Gasteiger partial charge in [0.1, 0.15) is 11.7 Å². The summed E-state index contributed by atoms with van der Waals surface area (Å²) in [6.45, 7) is 0. The number of rotatable bonds is 1. The summed E-state index contributed by atoms with van der Waals surface area (Å²) in [7, 11) is 0. The number of nitrogen functional groups attached to an aromatic ring is 2. The second-order valence-electron chi connectivity index (χ2n) is 2.15. The summed E-state index contributed by atoms with van der Waals surface area (Å²) >= 11 is 0. The van der Waals surface area contributed by atoms with Crippen molar-refractivity contribution in [2.45, 2.75) is 0 Å². The molecule has 0 atom stereocenters. The van der Waals surface area contributed by atoms with E-state index in [1.807, 2.05) is 0 Å². The van der Waals surface area contributed by atoms with Crippen LogP contribution >= 0.6 is 0 Å². The van der Waals surface area contributed by atoms with Crippen LogP contribution in [0.25, 0.3) is 0 Å². The smallest absolute Gasteiger partial charge is 0.124 e. The van der Waals surface area contributed by atoms with Crippen LogP contribution < -0.4 is 11.5 Å².